The maximum atomic E-state index is 13.6. The summed E-state index contributed by atoms with van der Waals surface area (Å²) in [4.78, 5) is 3.21. The predicted molar refractivity (Wildman–Crippen MR) is 126 cm³/mol. The molecule has 33 heavy (non-hydrogen) atoms. The van der Waals surface area contributed by atoms with Crippen molar-refractivity contribution >= 4 is 12.0 Å². The Bertz CT molecular complexity index is 1190. The van der Waals surface area contributed by atoms with Gasteiger partial charge in [-0.2, -0.15) is 0 Å². The van der Waals surface area contributed by atoms with Crippen molar-refractivity contribution in [2.24, 2.45) is 0 Å². The summed E-state index contributed by atoms with van der Waals surface area (Å²) in [6, 6.07) is 15.0. The van der Waals surface area contributed by atoms with Gasteiger partial charge in [0.2, 0.25) is 0 Å². The minimum Gasteiger partial charge on any atom is -0.493 e. The van der Waals surface area contributed by atoms with E-state index in [1.807, 2.05) is 12.1 Å². The highest BCUT2D eigenvalue weighted by Gasteiger charge is 2.35. The molecule has 5 rings (SSSR count). The van der Waals surface area contributed by atoms with Gasteiger partial charge in [-0.1, -0.05) is 12.1 Å². The van der Waals surface area contributed by atoms with Crippen molar-refractivity contribution in [3.05, 3.63) is 76.6 Å². The summed E-state index contributed by atoms with van der Waals surface area (Å²) in [6.45, 7) is 1.78. The van der Waals surface area contributed by atoms with Crippen LogP contribution in [0.4, 0.5) is 4.39 Å². The first kappa shape index (κ1) is 21.9. The molecule has 0 saturated carbocycles. The molecule has 5 nitrogen and oxygen atoms in total. The average Bonchev–Trinajstić information content (AvgIpc) is 2.84. The number of rotatable bonds is 6. The SMILES string of the molecule is COc1cc2c(cc1OC)CN1CCc3c(ccc(OC)c3OSc3cccc(F)c3)C1C2. The van der Waals surface area contributed by atoms with E-state index in [9.17, 15) is 4.39 Å². The molecule has 0 spiro atoms. The quantitative estimate of drug-likeness (QED) is 0.440. The Morgan fingerprint density at radius 1 is 0.909 bits per heavy atom. The Hall–Kier alpha value is -2.90. The number of nitrogens with zero attached hydrogens (tertiary/aromatic N) is 1. The van der Waals surface area contributed by atoms with Gasteiger partial charge in [0, 0.05) is 24.7 Å². The van der Waals surface area contributed by atoms with Crippen molar-refractivity contribution in [1.82, 2.24) is 4.90 Å². The number of fused-ring (bicyclic) bond motifs is 4. The summed E-state index contributed by atoms with van der Waals surface area (Å²) < 4.78 is 36.4. The maximum absolute atomic E-state index is 13.6. The molecule has 1 unspecified atom stereocenters. The van der Waals surface area contributed by atoms with Crippen LogP contribution in [0.5, 0.6) is 23.0 Å². The summed E-state index contributed by atoms with van der Waals surface area (Å²) in [5.41, 5.74) is 4.95. The molecule has 172 valence electrons. The Morgan fingerprint density at radius 3 is 2.39 bits per heavy atom. The summed E-state index contributed by atoms with van der Waals surface area (Å²) >= 11 is 1.15. The average molecular weight is 468 g/mol. The number of hydrogen-bond acceptors (Lipinski definition) is 6. The smallest absolute Gasteiger partial charge is 0.183 e. The largest absolute Gasteiger partial charge is 0.493 e. The molecule has 2 aliphatic rings. The van der Waals surface area contributed by atoms with E-state index in [1.165, 1.54) is 28.8 Å². The van der Waals surface area contributed by atoms with Crippen LogP contribution in [0.2, 0.25) is 0 Å². The second-order valence-electron chi connectivity index (χ2n) is 8.21. The molecular formula is C26H26FNO4S. The molecule has 2 aliphatic heterocycles. The lowest BCUT2D eigenvalue weighted by Crippen LogP contribution is -2.39. The number of methoxy groups -OCH3 is 3. The molecule has 0 radical (unpaired) electrons. The molecular weight excluding hydrogens is 441 g/mol. The summed E-state index contributed by atoms with van der Waals surface area (Å²) in [6.07, 6.45) is 1.73. The van der Waals surface area contributed by atoms with E-state index in [0.29, 0.717) is 10.6 Å². The maximum Gasteiger partial charge on any atom is 0.183 e. The molecule has 0 saturated heterocycles. The lowest BCUT2D eigenvalue weighted by molar-refractivity contribution is 0.159. The molecule has 0 fully saturated rings. The van der Waals surface area contributed by atoms with Crippen molar-refractivity contribution in [3.63, 3.8) is 0 Å². The van der Waals surface area contributed by atoms with Crippen LogP contribution in [0.1, 0.15) is 28.3 Å². The normalized spacial score (nSPS) is 16.9. The third-order valence-electron chi connectivity index (χ3n) is 6.44. The van der Waals surface area contributed by atoms with Gasteiger partial charge in [0.05, 0.1) is 38.3 Å². The molecule has 0 aromatic heterocycles. The molecule has 3 aromatic carbocycles. The molecule has 0 N–H and O–H groups in total. The molecule has 0 amide bonds. The molecule has 0 bridgehead atoms. The zero-order chi connectivity index (χ0) is 22.9. The molecule has 1 atom stereocenters. The van der Waals surface area contributed by atoms with E-state index >= 15 is 0 Å². The Balaban J connectivity index is 1.48. The Morgan fingerprint density at radius 2 is 1.67 bits per heavy atom. The molecule has 7 heteroatoms. The minimum absolute atomic E-state index is 0.242. The first-order valence-electron chi connectivity index (χ1n) is 10.9. The first-order chi connectivity index (χ1) is 16.1. The van der Waals surface area contributed by atoms with Gasteiger partial charge >= 0.3 is 0 Å². The van der Waals surface area contributed by atoms with Crippen molar-refractivity contribution < 1.29 is 22.8 Å². The van der Waals surface area contributed by atoms with E-state index < -0.39 is 0 Å². The number of halogens is 1. The second-order valence-corrected chi connectivity index (χ2v) is 9.01. The van der Waals surface area contributed by atoms with E-state index in [2.05, 4.69) is 23.1 Å². The van der Waals surface area contributed by atoms with E-state index in [0.717, 1.165) is 60.8 Å². The van der Waals surface area contributed by atoms with Gasteiger partial charge in [-0.15, -0.1) is 0 Å². The predicted octanol–water partition coefficient (Wildman–Crippen LogP) is 5.59. The fourth-order valence-electron chi connectivity index (χ4n) is 4.82. The highest BCUT2D eigenvalue weighted by molar-refractivity contribution is 7.95. The standard InChI is InChI=1S/C26H26FNO4S/c1-29-23-8-7-20-21(26(23)32-33-19-6-4-5-18(27)14-19)9-10-28-15-17-13-25(31-3)24(30-2)12-16(17)11-22(20)28/h4-8,12-14,22H,9-11,15H2,1-3H3. The summed E-state index contributed by atoms with van der Waals surface area (Å²) in [5, 5.41) is 0. The van der Waals surface area contributed by atoms with Crippen LogP contribution in [-0.4, -0.2) is 32.8 Å². The van der Waals surface area contributed by atoms with Gasteiger partial charge in [-0.3, -0.25) is 4.90 Å². The summed E-state index contributed by atoms with van der Waals surface area (Å²) in [5.74, 6) is 2.65. The summed E-state index contributed by atoms with van der Waals surface area (Å²) in [7, 11) is 4.98. The van der Waals surface area contributed by atoms with Crippen LogP contribution in [0.15, 0.2) is 53.4 Å². The van der Waals surface area contributed by atoms with Gasteiger partial charge in [0.25, 0.3) is 0 Å². The van der Waals surface area contributed by atoms with Crippen LogP contribution in [0, 0.1) is 5.82 Å². The Kier molecular flexibility index (Phi) is 6.08. The van der Waals surface area contributed by atoms with Gasteiger partial charge in [0.15, 0.2) is 23.0 Å². The van der Waals surface area contributed by atoms with Crippen molar-refractivity contribution in [2.75, 3.05) is 27.9 Å². The Labute approximate surface area is 197 Å². The van der Waals surface area contributed by atoms with E-state index in [-0.39, 0.29) is 11.9 Å². The fraction of sp³-hybridized carbons (Fsp3) is 0.308. The van der Waals surface area contributed by atoms with Crippen LogP contribution in [-0.2, 0) is 19.4 Å². The minimum atomic E-state index is -0.283. The highest BCUT2D eigenvalue weighted by Crippen LogP contribution is 2.46. The van der Waals surface area contributed by atoms with Crippen LogP contribution in [0.3, 0.4) is 0 Å². The molecule has 0 aliphatic carbocycles. The van der Waals surface area contributed by atoms with Gasteiger partial charge in [0.1, 0.15) is 5.82 Å². The number of benzene rings is 3. The van der Waals surface area contributed by atoms with Gasteiger partial charge < -0.3 is 18.4 Å². The van der Waals surface area contributed by atoms with Crippen LogP contribution < -0.4 is 18.4 Å². The second kappa shape index (κ2) is 9.15. The number of hydrogen-bond donors (Lipinski definition) is 0. The monoisotopic (exact) mass is 467 g/mol. The van der Waals surface area contributed by atoms with E-state index in [4.69, 9.17) is 18.4 Å². The van der Waals surface area contributed by atoms with E-state index in [1.54, 1.807) is 27.4 Å². The van der Waals surface area contributed by atoms with Crippen LogP contribution in [0.25, 0.3) is 0 Å². The van der Waals surface area contributed by atoms with Crippen molar-refractivity contribution in [1.29, 1.82) is 0 Å². The zero-order valence-electron chi connectivity index (χ0n) is 18.9. The van der Waals surface area contributed by atoms with Crippen molar-refractivity contribution in [3.8, 4) is 23.0 Å². The van der Waals surface area contributed by atoms with Crippen LogP contribution >= 0.6 is 12.0 Å². The first-order valence-corrected chi connectivity index (χ1v) is 11.6. The fourth-order valence-corrected chi connectivity index (χ4v) is 5.47. The van der Waals surface area contributed by atoms with Gasteiger partial charge in [-0.25, -0.2) is 4.39 Å². The lowest BCUT2D eigenvalue weighted by Gasteiger charge is -2.42. The zero-order valence-corrected chi connectivity index (χ0v) is 19.7. The third kappa shape index (κ3) is 4.11. The van der Waals surface area contributed by atoms with Gasteiger partial charge in [-0.05, 0) is 65.9 Å². The topological polar surface area (TPSA) is 40.2 Å². The number of ether oxygens (including phenoxy) is 3. The molecule has 3 aromatic rings. The highest BCUT2D eigenvalue weighted by atomic mass is 32.2. The third-order valence-corrected chi connectivity index (χ3v) is 7.14. The molecule has 2 heterocycles. The lowest BCUT2D eigenvalue weighted by atomic mass is 9.83. The van der Waals surface area contributed by atoms with Crippen molar-refractivity contribution in [2.45, 2.75) is 30.3 Å².